The molecule has 0 fully saturated rings. The van der Waals surface area contributed by atoms with Gasteiger partial charge in [0, 0.05) is 12.2 Å². The van der Waals surface area contributed by atoms with Crippen molar-refractivity contribution in [2.24, 2.45) is 0 Å². The van der Waals surface area contributed by atoms with Crippen LogP contribution < -0.4 is 10.6 Å². The van der Waals surface area contributed by atoms with E-state index in [4.69, 9.17) is 5.11 Å². The second-order valence-corrected chi connectivity index (χ2v) is 4.02. The second kappa shape index (κ2) is 6.78. The summed E-state index contributed by atoms with van der Waals surface area (Å²) in [5.74, 6) is -1.02. The number of carboxylic acid groups (broad SMARTS) is 1. The molecule has 1 rings (SSSR count). The van der Waals surface area contributed by atoms with Crippen molar-refractivity contribution in [3.8, 4) is 0 Å². The monoisotopic (exact) mass is 290 g/mol. The second-order valence-electron chi connectivity index (χ2n) is 4.02. The molecule has 0 radical (unpaired) electrons. The van der Waals surface area contributed by atoms with Gasteiger partial charge in [0.15, 0.2) is 0 Å². The van der Waals surface area contributed by atoms with Gasteiger partial charge in [-0.1, -0.05) is 12.1 Å². The van der Waals surface area contributed by atoms with E-state index in [9.17, 15) is 22.8 Å². The predicted molar refractivity (Wildman–Crippen MR) is 65.5 cm³/mol. The van der Waals surface area contributed by atoms with Crippen molar-refractivity contribution in [1.82, 2.24) is 5.32 Å². The van der Waals surface area contributed by atoms with Crippen LogP contribution in [0.5, 0.6) is 0 Å². The third-order valence-corrected chi connectivity index (χ3v) is 2.23. The molecule has 110 valence electrons. The Bertz CT molecular complexity index is 489. The van der Waals surface area contributed by atoms with Gasteiger partial charge in [0.05, 0.1) is 12.8 Å². The smallest absolute Gasteiger partial charge is 0.390 e. The molecule has 0 bridgehead atoms. The first-order chi connectivity index (χ1) is 9.26. The Kier molecular flexibility index (Phi) is 5.36. The molecule has 0 atom stereocenters. The quantitative estimate of drug-likeness (QED) is 0.779. The average molecular weight is 290 g/mol. The summed E-state index contributed by atoms with van der Waals surface area (Å²) in [6, 6.07) is 5.29. The van der Waals surface area contributed by atoms with Gasteiger partial charge in [0.2, 0.25) is 0 Å². The summed E-state index contributed by atoms with van der Waals surface area (Å²) in [6.07, 6.45) is -5.64. The Labute approximate surface area is 112 Å². The van der Waals surface area contributed by atoms with Crippen molar-refractivity contribution < 1.29 is 27.9 Å². The highest BCUT2D eigenvalue weighted by Gasteiger charge is 2.26. The molecule has 0 aliphatic rings. The fourth-order valence-corrected chi connectivity index (χ4v) is 1.43. The number of rotatable bonds is 5. The molecule has 0 saturated carbocycles. The summed E-state index contributed by atoms with van der Waals surface area (Å²) in [6.45, 7) is -0.524. The zero-order chi connectivity index (χ0) is 15.2. The maximum absolute atomic E-state index is 11.9. The van der Waals surface area contributed by atoms with Crippen molar-refractivity contribution in [3.63, 3.8) is 0 Å². The minimum atomic E-state index is -4.32. The van der Waals surface area contributed by atoms with Gasteiger partial charge in [-0.15, -0.1) is 0 Å². The summed E-state index contributed by atoms with van der Waals surface area (Å²) in [5.41, 5.74) is 0.791. The fourth-order valence-electron chi connectivity index (χ4n) is 1.43. The van der Waals surface area contributed by atoms with Crippen molar-refractivity contribution in [2.75, 3.05) is 11.9 Å². The number of urea groups is 1. The standard InChI is InChI=1S/C12H13F3N2O3/c13-12(14,15)4-5-16-11(20)17-9-3-1-2-8(6-9)7-10(18)19/h1-3,6H,4-5,7H2,(H,18,19)(H2,16,17,20). The van der Waals surface area contributed by atoms with Crippen LogP contribution in [0.25, 0.3) is 0 Å². The van der Waals surface area contributed by atoms with Gasteiger partial charge in [0.25, 0.3) is 0 Å². The normalized spacial score (nSPS) is 10.9. The predicted octanol–water partition coefficient (Wildman–Crippen LogP) is 2.39. The maximum atomic E-state index is 11.9. The number of halogens is 3. The van der Waals surface area contributed by atoms with Crippen LogP contribution in [0, 0.1) is 0 Å². The summed E-state index contributed by atoms with van der Waals surface area (Å²) >= 11 is 0. The van der Waals surface area contributed by atoms with Gasteiger partial charge in [0.1, 0.15) is 0 Å². The number of amides is 2. The van der Waals surface area contributed by atoms with Gasteiger partial charge in [-0.2, -0.15) is 13.2 Å². The zero-order valence-corrected chi connectivity index (χ0v) is 10.3. The molecule has 1 aromatic rings. The van der Waals surface area contributed by atoms with Crippen LogP contribution in [0.2, 0.25) is 0 Å². The first kappa shape index (κ1) is 15.8. The van der Waals surface area contributed by atoms with Crippen molar-refractivity contribution in [2.45, 2.75) is 19.0 Å². The molecule has 8 heteroatoms. The Morgan fingerprint density at radius 3 is 2.55 bits per heavy atom. The van der Waals surface area contributed by atoms with E-state index in [1.165, 1.54) is 12.1 Å². The van der Waals surface area contributed by atoms with E-state index >= 15 is 0 Å². The number of aliphatic carboxylic acids is 1. The number of hydrogen-bond donors (Lipinski definition) is 3. The van der Waals surface area contributed by atoms with Crippen LogP contribution in [0.15, 0.2) is 24.3 Å². The maximum Gasteiger partial charge on any atom is 0.390 e. The molecular formula is C12H13F3N2O3. The molecule has 0 aromatic heterocycles. The number of carboxylic acids is 1. The fraction of sp³-hybridized carbons (Fsp3) is 0.333. The number of anilines is 1. The molecule has 5 nitrogen and oxygen atoms in total. The van der Waals surface area contributed by atoms with E-state index in [-0.39, 0.29) is 6.42 Å². The Morgan fingerprint density at radius 2 is 1.95 bits per heavy atom. The van der Waals surface area contributed by atoms with Crippen LogP contribution >= 0.6 is 0 Å². The van der Waals surface area contributed by atoms with E-state index in [2.05, 4.69) is 10.6 Å². The molecule has 0 aliphatic carbocycles. The Morgan fingerprint density at radius 1 is 1.25 bits per heavy atom. The van der Waals surface area contributed by atoms with E-state index < -0.39 is 31.1 Å². The summed E-state index contributed by atoms with van der Waals surface area (Å²) < 4.78 is 35.6. The van der Waals surface area contributed by atoms with Crippen LogP contribution in [-0.2, 0) is 11.2 Å². The number of benzene rings is 1. The lowest BCUT2D eigenvalue weighted by Crippen LogP contribution is -2.31. The van der Waals surface area contributed by atoms with Gasteiger partial charge in [-0.25, -0.2) is 4.79 Å². The van der Waals surface area contributed by atoms with Crippen molar-refractivity contribution in [3.05, 3.63) is 29.8 Å². The van der Waals surface area contributed by atoms with Gasteiger partial charge < -0.3 is 15.7 Å². The van der Waals surface area contributed by atoms with E-state index in [1.54, 1.807) is 12.1 Å². The minimum absolute atomic E-state index is 0.203. The average Bonchev–Trinajstić information content (AvgIpc) is 2.26. The SMILES string of the molecule is O=C(O)Cc1cccc(NC(=O)NCCC(F)(F)F)c1. The first-order valence-corrected chi connectivity index (χ1v) is 5.68. The van der Waals surface area contributed by atoms with Gasteiger partial charge in [-0.3, -0.25) is 4.79 Å². The topological polar surface area (TPSA) is 78.4 Å². The molecule has 20 heavy (non-hydrogen) atoms. The third-order valence-electron chi connectivity index (χ3n) is 2.23. The molecular weight excluding hydrogens is 277 g/mol. The lowest BCUT2D eigenvalue weighted by molar-refractivity contribution is -0.136. The van der Waals surface area contributed by atoms with Crippen LogP contribution in [0.3, 0.4) is 0 Å². The molecule has 0 spiro atoms. The largest absolute Gasteiger partial charge is 0.481 e. The Hall–Kier alpha value is -2.25. The lowest BCUT2D eigenvalue weighted by Gasteiger charge is -2.10. The van der Waals surface area contributed by atoms with Crippen LogP contribution in [0.1, 0.15) is 12.0 Å². The van der Waals surface area contributed by atoms with Crippen molar-refractivity contribution >= 4 is 17.7 Å². The molecule has 0 aliphatic heterocycles. The highest BCUT2D eigenvalue weighted by molar-refractivity contribution is 5.89. The molecule has 0 saturated heterocycles. The number of carbonyl (C=O) groups is 2. The zero-order valence-electron chi connectivity index (χ0n) is 10.3. The van der Waals surface area contributed by atoms with Gasteiger partial charge in [-0.05, 0) is 17.7 Å². The Balaban J connectivity index is 2.47. The third kappa shape index (κ3) is 6.62. The number of nitrogens with one attached hydrogen (secondary N) is 2. The number of carbonyl (C=O) groups excluding carboxylic acids is 1. The van der Waals surface area contributed by atoms with E-state index in [0.717, 1.165) is 0 Å². The molecule has 0 heterocycles. The molecule has 0 unspecified atom stereocenters. The first-order valence-electron chi connectivity index (χ1n) is 5.68. The molecule has 1 aromatic carbocycles. The van der Waals surface area contributed by atoms with E-state index in [1.807, 2.05) is 0 Å². The lowest BCUT2D eigenvalue weighted by atomic mass is 10.1. The van der Waals surface area contributed by atoms with Gasteiger partial charge >= 0.3 is 18.2 Å². The highest BCUT2D eigenvalue weighted by Crippen LogP contribution is 2.18. The molecule has 2 amide bonds. The summed E-state index contributed by atoms with van der Waals surface area (Å²) in [5, 5.41) is 13.0. The van der Waals surface area contributed by atoms with Crippen LogP contribution in [0.4, 0.5) is 23.7 Å². The minimum Gasteiger partial charge on any atom is -0.481 e. The number of alkyl halides is 3. The van der Waals surface area contributed by atoms with Crippen LogP contribution in [-0.4, -0.2) is 29.8 Å². The number of hydrogen-bond acceptors (Lipinski definition) is 2. The molecule has 3 N–H and O–H groups in total. The summed E-state index contributed by atoms with van der Waals surface area (Å²) in [7, 11) is 0. The van der Waals surface area contributed by atoms with E-state index in [0.29, 0.717) is 11.3 Å². The summed E-state index contributed by atoms with van der Waals surface area (Å²) in [4.78, 5) is 21.9. The highest BCUT2D eigenvalue weighted by atomic mass is 19.4. The van der Waals surface area contributed by atoms with Crippen molar-refractivity contribution in [1.29, 1.82) is 0 Å².